The average Bonchev–Trinajstić information content (AvgIpc) is 3.34. The summed E-state index contributed by atoms with van der Waals surface area (Å²) in [6.45, 7) is 4.03. The Labute approximate surface area is 175 Å². The van der Waals surface area contributed by atoms with Gasteiger partial charge in [0.2, 0.25) is 5.91 Å². The fourth-order valence-corrected chi connectivity index (χ4v) is 5.32. The molecule has 0 aromatic heterocycles. The van der Waals surface area contributed by atoms with E-state index < -0.39 is 0 Å². The molecule has 2 amide bonds. The first kappa shape index (κ1) is 18.9. The number of benzene rings is 2. The van der Waals surface area contributed by atoms with Gasteiger partial charge in [-0.1, -0.05) is 6.07 Å². The number of amides is 2. The van der Waals surface area contributed by atoms with Crippen molar-refractivity contribution < 1.29 is 19.1 Å². The Kier molecular flexibility index (Phi) is 4.38. The van der Waals surface area contributed by atoms with Crippen molar-refractivity contribution >= 4 is 29.2 Å². The number of rotatable bonds is 4. The van der Waals surface area contributed by atoms with Gasteiger partial charge in [-0.3, -0.25) is 14.4 Å². The zero-order valence-electron chi connectivity index (χ0n) is 17.0. The lowest BCUT2D eigenvalue weighted by atomic mass is 9.79. The second-order valence-corrected chi connectivity index (χ2v) is 8.74. The van der Waals surface area contributed by atoms with E-state index in [0.717, 1.165) is 24.1 Å². The first-order valence-corrected chi connectivity index (χ1v) is 10.4. The van der Waals surface area contributed by atoms with Gasteiger partial charge in [-0.25, -0.2) is 0 Å². The number of carbonyl (C=O) groups is 3. The zero-order valence-corrected chi connectivity index (χ0v) is 17.0. The van der Waals surface area contributed by atoms with Gasteiger partial charge in [-0.2, -0.15) is 0 Å². The average molecular weight is 404 g/mol. The van der Waals surface area contributed by atoms with Crippen LogP contribution < -0.4 is 10.6 Å². The van der Waals surface area contributed by atoms with Crippen molar-refractivity contribution in [3.8, 4) is 0 Å². The Hall–Kier alpha value is -3.15. The van der Waals surface area contributed by atoms with Gasteiger partial charge in [0.25, 0.3) is 5.91 Å². The highest BCUT2D eigenvalue weighted by Gasteiger charge is 2.63. The molecule has 154 valence electrons. The second-order valence-electron chi connectivity index (χ2n) is 8.74. The van der Waals surface area contributed by atoms with Gasteiger partial charge in [-0.05, 0) is 80.1 Å². The molecule has 5 rings (SSSR count). The fourth-order valence-electron chi connectivity index (χ4n) is 5.32. The summed E-state index contributed by atoms with van der Waals surface area (Å²) >= 11 is 0. The van der Waals surface area contributed by atoms with Crippen molar-refractivity contribution in [3.05, 3.63) is 59.2 Å². The lowest BCUT2D eigenvalue weighted by Crippen LogP contribution is -2.35. The third kappa shape index (κ3) is 3.07. The summed E-state index contributed by atoms with van der Waals surface area (Å²) in [7, 11) is 0. The van der Waals surface area contributed by atoms with Gasteiger partial charge in [0, 0.05) is 22.9 Å². The summed E-state index contributed by atoms with van der Waals surface area (Å²) in [6, 6.07) is 12.6. The highest BCUT2D eigenvalue weighted by molar-refractivity contribution is 6.05. The Bertz CT molecular complexity index is 1040. The van der Waals surface area contributed by atoms with Crippen LogP contribution in [0.2, 0.25) is 0 Å². The van der Waals surface area contributed by atoms with Gasteiger partial charge in [0.1, 0.15) is 6.10 Å². The smallest absolute Gasteiger partial charge is 0.310 e. The van der Waals surface area contributed by atoms with Gasteiger partial charge in [0.15, 0.2) is 0 Å². The van der Waals surface area contributed by atoms with Crippen LogP contribution in [0.1, 0.15) is 34.3 Å². The van der Waals surface area contributed by atoms with Gasteiger partial charge < -0.3 is 15.4 Å². The van der Waals surface area contributed by atoms with Crippen LogP contribution in [0.4, 0.5) is 11.4 Å². The third-order valence-electron chi connectivity index (χ3n) is 6.97. The van der Waals surface area contributed by atoms with Crippen LogP contribution >= 0.6 is 0 Å². The number of hydrogen-bond acceptors (Lipinski definition) is 4. The standard InChI is InChI=1S/C24H24N2O4/c1-12-3-6-17(9-13(12)2)26-22(27)14-4-7-16(8-5-14)25-23(28)20-15-10-18-19(11-15)30-24(29)21(18)20/h3-9,15,18-21H,10-11H2,1-2H3,(H,25,28)(H,26,27)/t15-,18-,19-,20-,21+/m1/s1. The molecular formula is C24H24N2O4. The molecule has 2 aliphatic carbocycles. The number of fused-ring (bicyclic) bond motifs is 1. The summed E-state index contributed by atoms with van der Waals surface area (Å²) < 4.78 is 5.41. The van der Waals surface area contributed by atoms with Crippen LogP contribution in [0, 0.1) is 37.5 Å². The molecule has 2 N–H and O–H groups in total. The first-order valence-electron chi connectivity index (χ1n) is 10.4. The monoisotopic (exact) mass is 404 g/mol. The number of ether oxygens (including phenoxy) is 1. The van der Waals surface area contributed by atoms with E-state index in [4.69, 9.17) is 4.74 Å². The third-order valence-corrected chi connectivity index (χ3v) is 6.97. The molecular weight excluding hydrogens is 380 g/mol. The zero-order chi connectivity index (χ0) is 21.0. The molecule has 6 heteroatoms. The van der Waals surface area contributed by atoms with Crippen molar-refractivity contribution in [2.75, 3.05) is 10.6 Å². The SMILES string of the molecule is Cc1ccc(NC(=O)c2ccc(NC(=O)[C@@H]3[C@@H]4C[C@H]5[C@@H]3C(=O)O[C@@H]5C4)cc2)cc1C. The summed E-state index contributed by atoms with van der Waals surface area (Å²) in [4.78, 5) is 37.5. The van der Waals surface area contributed by atoms with Crippen molar-refractivity contribution in [3.63, 3.8) is 0 Å². The number of aryl methyl sites for hydroxylation is 2. The molecule has 3 fully saturated rings. The van der Waals surface area contributed by atoms with Crippen LogP contribution in [0.3, 0.4) is 0 Å². The molecule has 30 heavy (non-hydrogen) atoms. The molecule has 2 saturated carbocycles. The predicted octanol–water partition coefficient (Wildman–Crippen LogP) is 3.69. The molecule has 2 aromatic rings. The molecule has 0 spiro atoms. The molecule has 2 aromatic carbocycles. The van der Waals surface area contributed by atoms with Gasteiger partial charge in [-0.15, -0.1) is 0 Å². The van der Waals surface area contributed by atoms with E-state index in [1.807, 2.05) is 32.0 Å². The minimum absolute atomic E-state index is 0.0201. The number of carbonyl (C=O) groups excluding carboxylic acids is 3. The fraction of sp³-hybridized carbons (Fsp3) is 0.375. The maximum Gasteiger partial charge on any atom is 0.310 e. The van der Waals surface area contributed by atoms with Crippen molar-refractivity contribution in [1.29, 1.82) is 0 Å². The number of hydrogen-bond donors (Lipinski definition) is 2. The lowest BCUT2D eigenvalue weighted by molar-refractivity contribution is -0.145. The van der Waals surface area contributed by atoms with E-state index in [1.165, 1.54) is 5.56 Å². The molecule has 2 bridgehead atoms. The summed E-state index contributed by atoms with van der Waals surface area (Å²) in [5.74, 6) is -0.732. The maximum atomic E-state index is 12.9. The Morgan fingerprint density at radius 2 is 1.67 bits per heavy atom. The van der Waals surface area contributed by atoms with E-state index in [0.29, 0.717) is 11.3 Å². The van der Waals surface area contributed by atoms with E-state index >= 15 is 0 Å². The van der Waals surface area contributed by atoms with Crippen molar-refractivity contribution in [2.24, 2.45) is 23.7 Å². The van der Waals surface area contributed by atoms with Crippen LogP contribution in [0.25, 0.3) is 0 Å². The molecule has 5 atom stereocenters. The van der Waals surface area contributed by atoms with Gasteiger partial charge in [0.05, 0.1) is 11.8 Å². The first-order chi connectivity index (χ1) is 14.4. The van der Waals surface area contributed by atoms with Crippen LogP contribution in [0.5, 0.6) is 0 Å². The molecule has 6 nitrogen and oxygen atoms in total. The molecule has 1 aliphatic heterocycles. The number of anilines is 2. The number of esters is 1. The van der Waals surface area contributed by atoms with Crippen LogP contribution in [-0.4, -0.2) is 23.9 Å². The summed E-state index contributed by atoms with van der Waals surface area (Å²) in [5.41, 5.74) is 4.16. The molecule has 3 aliphatic rings. The topological polar surface area (TPSA) is 84.5 Å². The van der Waals surface area contributed by atoms with Crippen molar-refractivity contribution in [1.82, 2.24) is 0 Å². The molecule has 1 saturated heterocycles. The van der Waals surface area contributed by atoms with E-state index in [1.54, 1.807) is 24.3 Å². The molecule has 0 unspecified atom stereocenters. The van der Waals surface area contributed by atoms with Crippen LogP contribution in [-0.2, 0) is 14.3 Å². The Morgan fingerprint density at radius 3 is 2.40 bits per heavy atom. The second kappa shape index (κ2) is 6.97. The summed E-state index contributed by atoms with van der Waals surface area (Å²) in [6.07, 6.45) is 1.71. The maximum absolute atomic E-state index is 12.9. The van der Waals surface area contributed by atoms with Gasteiger partial charge >= 0.3 is 5.97 Å². The van der Waals surface area contributed by atoms with Crippen molar-refractivity contribution in [2.45, 2.75) is 32.8 Å². The predicted molar refractivity (Wildman–Crippen MR) is 112 cm³/mol. The quantitative estimate of drug-likeness (QED) is 0.761. The minimum atomic E-state index is -0.311. The number of nitrogens with one attached hydrogen (secondary N) is 2. The Morgan fingerprint density at radius 1 is 0.933 bits per heavy atom. The lowest BCUT2D eigenvalue weighted by Gasteiger charge is -2.23. The summed E-state index contributed by atoms with van der Waals surface area (Å²) in [5, 5.41) is 5.82. The Balaban J connectivity index is 1.24. The van der Waals surface area contributed by atoms with E-state index in [9.17, 15) is 14.4 Å². The highest BCUT2D eigenvalue weighted by atomic mass is 16.6. The van der Waals surface area contributed by atoms with Crippen LogP contribution in [0.15, 0.2) is 42.5 Å². The molecule has 0 radical (unpaired) electrons. The minimum Gasteiger partial charge on any atom is -0.462 e. The molecule has 1 heterocycles. The largest absolute Gasteiger partial charge is 0.462 e. The van der Waals surface area contributed by atoms with E-state index in [-0.39, 0.29) is 47.6 Å². The normalized spacial score (nSPS) is 28.3. The highest BCUT2D eigenvalue weighted by Crippen LogP contribution is 2.57. The van der Waals surface area contributed by atoms with E-state index in [2.05, 4.69) is 10.6 Å².